The first-order valence-corrected chi connectivity index (χ1v) is 8.09. The van der Waals surface area contributed by atoms with Crippen LogP contribution in [0.2, 0.25) is 0 Å². The van der Waals surface area contributed by atoms with Crippen molar-refractivity contribution in [3.05, 3.63) is 69.2 Å². The molecule has 0 heterocycles. The number of benzene rings is 2. The Morgan fingerprint density at radius 2 is 2.05 bits per heavy atom. The molecule has 1 atom stereocenters. The van der Waals surface area contributed by atoms with E-state index in [1.54, 1.807) is 0 Å². The van der Waals surface area contributed by atoms with Gasteiger partial charge in [0.05, 0.1) is 6.04 Å². The average Bonchev–Trinajstić information content (AvgIpc) is 2.50. The van der Waals surface area contributed by atoms with Crippen LogP contribution in [-0.4, -0.2) is 5.91 Å². The predicted octanol–water partition coefficient (Wildman–Crippen LogP) is 4.56. The van der Waals surface area contributed by atoms with Gasteiger partial charge in [-0.05, 0) is 61.1 Å². The molecule has 21 heavy (non-hydrogen) atoms. The Hall–Kier alpha value is -1.61. The molecule has 2 aromatic rings. The van der Waals surface area contributed by atoms with Gasteiger partial charge in [0.1, 0.15) is 0 Å². The van der Waals surface area contributed by atoms with E-state index in [-0.39, 0.29) is 11.9 Å². The van der Waals surface area contributed by atoms with Gasteiger partial charge >= 0.3 is 0 Å². The number of hydrogen-bond donors (Lipinski definition) is 1. The van der Waals surface area contributed by atoms with Gasteiger partial charge in [0.25, 0.3) is 5.91 Å². The van der Waals surface area contributed by atoms with Crippen molar-refractivity contribution in [1.29, 1.82) is 0 Å². The van der Waals surface area contributed by atoms with E-state index < -0.39 is 0 Å². The van der Waals surface area contributed by atoms with Gasteiger partial charge in [-0.15, -0.1) is 0 Å². The molecule has 1 unspecified atom stereocenters. The van der Waals surface area contributed by atoms with Crippen molar-refractivity contribution < 1.29 is 4.79 Å². The lowest BCUT2D eigenvalue weighted by Gasteiger charge is -2.26. The van der Waals surface area contributed by atoms with Crippen LogP contribution in [-0.2, 0) is 6.42 Å². The molecule has 2 nitrogen and oxygen atoms in total. The molecule has 0 spiro atoms. The maximum Gasteiger partial charge on any atom is 0.251 e. The summed E-state index contributed by atoms with van der Waals surface area (Å²) in [6.07, 6.45) is 3.25. The summed E-state index contributed by atoms with van der Waals surface area (Å²) in [5.41, 5.74) is 4.43. The molecule has 108 valence electrons. The Bertz CT molecular complexity index is 681. The summed E-state index contributed by atoms with van der Waals surface area (Å²) in [6, 6.07) is 14.3. The van der Waals surface area contributed by atoms with E-state index in [0.29, 0.717) is 0 Å². The SMILES string of the molecule is Cc1cc(C(=O)NC2CCCc3ccccc32)ccc1Br. The lowest BCUT2D eigenvalue weighted by atomic mass is 9.87. The first-order valence-electron chi connectivity index (χ1n) is 7.30. The van der Waals surface area contributed by atoms with Gasteiger partial charge in [-0.1, -0.05) is 40.2 Å². The van der Waals surface area contributed by atoms with Crippen LogP contribution in [0.4, 0.5) is 0 Å². The fourth-order valence-electron chi connectivity index (χ4n) is 2.93. The third-order valence-electron chi connectivity index (χ3n) is 4.09. The van der Waals surface area contributed by atoms with Crippen molar-refractivity contribution in [2.24, 2.45) is 0 Å². The Morgan fingerprint density at radius 1 is 1.24 bits per heavy atom. The van der Waals surface area contributed by atoms with Crippen LogP contribution in [0.25, 0.3) is 0 Å². The van der Waals surface area contributed by atoms with Gasteiger partial charge in [0.15, 0.2) is 0 Å². The monoisotopic (exact) mass is 343 g/mol. The molecule has 0 fully saturated rings. The normalized spacial score (nSPS) is 17.1. The maximum atomic E-state index is 12.5. The first kappa shape index (κ1) is 14.3. The van der Waals surface area contributed by atoms with Gasteiger partial charge in [0.2, 0.25) is 0 Å². The second kappa shape index (κ2) is 6.02. The summed E-state index contributed by atoms with van der Waals surface area (Å²) >= 11 is 3.47. The molecule has 0 aromatic heterocycles. The van der Waals surface area contributed by atoms with Crippen LogP contribution < -0.4 is 5.32 Å². The van der Waals surface area contributed by atoms with Crippen LogP contribution in [0.3, 0.4) is 0 Å². The molecule has 0 aliphatic heterocycles. The van der Waals surface area contributed by atoms with Crippen LogP contribution >= 0.6 is 15.9 Å². The summed E-state index contributed by atoms with van der Waals surface area (Å²) in [5.74, 6) is 0.00676. The second-order valence-corrected chi connectivity index (χ2v) is 6.44. The highest BCUT2D eigenvalue weighted by Gasteiger charge is 2.21. The lowest BCUT2D eigenvalue weighted by Crippen LogP contribution is -2.31. The van der Waals surface area contributed by atoms with E-state index in [9.17, 15) is 4.79 Å². The number of amides is 1. The minimum Gasteiger partial charge on any atom is -0.345 e. The van der Waals surface area contributed by atoms with E-state index in [2.05, 4.69) is 39.4 Å². The molecule has 2 aromatic carbocycles. The molecule has 0 bridgehead atoms. The van der Waals surface area contributed by atoms with Gasteiger partial charge in [-0.2, -0.15) is 0 Å². The standard InChI is InChI=1S/C18H18BrNO/c1-12-11-14(9-10-16(12)19)18(21)20-17-8-4-6-13-5-2-3-7-15(13)17/h2-3,5,7,9-11,17H,4,6,8H2,1H3,(H,20,21). The van der Waals surface area contributed by atoms with E-state index in [0.717, 1.165) is 34.9 Å². The van der Waals surface area contributed by atoms with Crippen LogP contribution in [0, 0.1) is 6.92 Å². The summed E-state index contributed by atoms with van der Waals surface area (Å²) in [7, 11) is 0. The minimum absolute atomic E-state index is 0.00676. The molecule has 1 aliphatic rings. The van der Waals surface area contributed by atoms with Gasteiger partial charge < -0.3 is 5.32 Å². The third kappa shape index (κ3) is 3.03. The van der Waals surface area contributed by atoms with E-state index >= 15 is 0 Å². The Kier molecular flexibility index (Phi) is 4.11. The fourth-order valence-corrected chi connectivity index (χ4v) is 3.18. The summed E-state index contributed by atoms with van der Waals surface area (Å²) < 4.78 is 1.03. The third-order valence-corrected chi connectivity index (χ3v) is 4.98. The number of carbonyl (C=O) groups excluding carboxylic acids is 1. The number of halogens is 1. The molecule has 3 heteroatoms. The molecule has 0 radical (unpaired) electrons. The van der Waals surface area contributed by atoms with E-state index in [1.165, 1.54) is 11.1 Å². The number of rotatable bonds is 2. The van der Waals surface area contributed by atoms with Crippen molar-refractivity contribution in [3.63, 3.8) is 0 Å². The average molecular weight is 344 g/mol. The number of fused-ring (bicyclic) bond motifs is 1. The fraction of sp³-hybridized carbons (Fsp3) is 0.278. The zero-order valence-electron chi connectivity index (χ0n) is 12.0. The number of aryl methyl sites for hydroxylation is 2. The summed E-state index contributed by atoms with van der Waals surface area (Å²) in [6.45, 7) is 2.00. The second-order valence-electron chi connectivity index (χ2n) is 5.58. The van der Waals surface area contributed by atoms with Crippen LogP contribution in [0.5, 0.6) is 0 Å². The van der Waals surface area contributed by atoms with Gasteiger partial charge in [-0.25, -0.2) is 0 Å². The predicted molar refractivity (Wildman–Crippen MR) is 88.5 cm³/mol. The van der Waals surface area contributed by atoms with Crippen LogP contribution in [0.1, 0.15) is 45.9 Å². The molecule has 1 N–H and O–H groups in total. The lowest BCUT2D eigenvalue weighted by molar-refractivity contribution is 0.0932. The number of carbonyl (C=O) groups is 1. The summed E-state index contributed by atoms with van der Waals surface area (Å²) in [5, 5.41) is 3.18. The van der Waals surface area contributed by atoms with Crippen molar-refractivity contribution in [2.75, 3.05) is 0 Å². The van der Waals surface area contributed by atoms with E-state index in [1.807, 2.05) is 31.2 Å². The van der Waals surface area contributed by atoms with Gasteiger partial charge in [0, 0.05) is 10.0 Å². The zero-order chi connectivity index (χ0) is 14.8. The molecule has 1 amide bonds. The molecule has 1 aliphatic carbocycles. The van der Waals surface area contributed by atoms with Crippen molar-refractivity contribution in [1.82, 2.24) is 5.32 Å². The van der Waals surface area contributed by atoms with Gasteiger partial charge in [-0.3, -0.25) is 4.79 Å². The van der Waals surface area contributed by atoms with Crippen molar-refractivity contribution in [2.45, 2.75) is 32.2 Å². The quantitative estimate of drug-likeness (QED) is 0.850. The number of nitrogens with one attached hydrogen (secondary N) is 1. The molecule has 0 saturated carbocycles. The highest BCUT2D eigenvalue weighted by atomic mass is 79.9. The van der Waals surface area contributed by atoms with E-state index in [4.69, 9.17) is 0 Å². The number of hydrogen-bond acceptors (Lipinski definition) is 1. The van der Waals surface area contributed by atoms with Crippen LogP contribution in [0.15, 0.2) is 46.9 Å². The van der Waals surface area contributed by atoms with Crippen molar-refractivity contribution in [3.8, 4) is 0 Å². The topological polar surface area (TPSA) is 29.1 Å². The largest absolute Gasteiger partial charge is 0.345 e. The zero-order valence-corrected chi connectivity index (χ0v) is 13.6. The molecular formula is C18H18BrNO. The smallest absolute Gasteiger partial charge is 0.251 e. The minimum atomic E-state index is 0.00676. The molecule has 0 saturated heterocycles. The molecular weight excluding hydrogens is 326 g/mol. The van der Waals surface area contributed by atoms with Crippen molar-refractivity contribution >= 4 is 21.8 Å². The summed E-state index contributed by atoms with van der Waals surface area (Å²) in [4.78, 5) is 12.5. The maximum absolute atomic E-state index is 12.5. The first-order chi connectivity index (χ1) is 10.1. The molecule has 3 rings (SSSR count). The Balaban J connectivity index is 1.81. The Labute approximate surface area is 133 Å². The highest BCUT2D eigenvalue weighted by molar-refractivity contribution is 9.10. The highest BCUT2D eigenvalue weighted by Crippen LogP contribution is 2.29. The Morgan fingerprint density at radius 3 is 2.86 bits per heavy atom.